The molecule has 0 spiro atoms. The number of nitrogens with zero attached hydrogens (tertiary/aromatic N) is 2. The summed E-state index contributed by atoms with van der Waals surface area (Å²) in [4.78, 5) is 2.39. The lowest BCUT2D eigenvalue weighted by Crippen LogP contribution is -2.40. The number of piperidine rings is 1. The Morgan fingerprint density at radius 1 is 1.11 bits per heavy atom. The van der Waals surface area contributed by atoms with Crippen molar-refractivity contribution in [2.24, 2.45) is 0 Å². The van der Waals surface area contributed by atoms with Crippen LogP contribution >= 0.6 is 0 Å². The smallest absolute Gasteiger partial charge is 0.395 e. The van der Waals surface area contributed by atoms with E-state index in [0.717, 1.165) is 37.9 Å². The van der Waals surface area contributed by atoms with Crippen molar-refractivity contribution in [3.63, 3.8) is 0 Å². The predicted molar refractivity (Wildman–Crippen MR) is 143 cm³/mol. The highest BCUT2D eigenvalue weighted by molar-refractivity contribution is 7.90. The Morgan fingerprint density at radius 3 is 2.45 bits per heavy atom. The maximum absolute atomic E-state index is 13.5. The number of anilines is 2. The third-order valence-corrected chi connectivity index (χ3v) is 7.65. The van der Waals surface area contributed by atoms with Gasteiger partial charge in [-0.05, 0) is 61.2 Å². The van der Waals surface area contributed by atoms with E-state index in [1.54, 1.807) is 30.3 Å². The molecule has 38 heavy (non-hydrogen) atoms. The molecule has 1 fully saturated rings. The average molecular weight is 549 g/mol. The summed E-state index contributed by atoms with van der Waals surface area (Å²) in [5, 5.41) is 16.4. The maximum Gasteiger partial charge on any atom is 0.406 e. The normalized spacial score (nSPS) is 15.3. The summed E-state index contributed by atoms with van der Waals surface area (Å²) in [6, 6.07) is 13.4. The van der Waals surface area contributed by atoms with Gasteiger partial charge in [0.05, 0.1) is 29.3 Å². The number of β-amino-alcohol motifs (C(OH)–C–C–N with tert-alkyl or cyclic N) is 1. The highest BCUT2D eigenvalue weighted by atomic mass is 32.2. The fourth-order valence-corrected chi connectivity index (χ4v) is 5.26. The molecule has 2 aromatic carbocycles. The molecule has 1 aliphatic heterocycles. The molecule has 1 aromatic heterocycles. The molecule has 0 unspecified atom stereocenters. The summed E-state index contributed by atoms with van der Waals surface area (Å²) in [7, 11) is -3.30. The summed E-state index contributed by atoms with van der Waals surface area (Å²) < 4.78 is 64.8. The fraction of sp³-hybridized carbons (Fsp3) is 0.407. The van der Waals surface area contributed by atoms with Crippen LogP contribution in [0.5, 0.6) is 0 Å². The monoisotopic (exact) mass is 548 g/mol. The number of benzene rings is 2. The molecule has 0 saturated carbocycles. The zero-order valence-corrected chi connectivity index (χ0v) is 21.9. The van der Waals surface area contributed by atoms with Crippen LogP contribution in [0.15, 0.2) is 53.4 Å². The van der Waals surface area contributed by atoms with Gasteiger partial charge in [0, 0.05) is 48.7 Å². The third kappa shape index (κ3) is 7.22. The molecule has 7 nitrogen and oxygen atoms in total. The topological polar surface area (TPSA) is 86.6 Å². The fourth-order valence-electron chi connectivity index (χ4n) is 4.63. The van der Waals surface area contributed by atoms with Crippen LogP contribution in [0.3, 0.4) is 0 Å². The number of aliphatic hydroxyl groups is 1. The molecule has 0 atom stereocenters. The lowest BCUT2D eigenvalue weighted by atomic mass is 10.0. The van der Waals surface area contributed by atoms with Crippen molar-refractivity contribution in [1.29, 1.82) is 0 Å². The van der Waals surface area contributed by atoms with E-state index in [0.29, 0.717) is 23.1 Å². The van der Waals surface area contributed by atoms with E-state index in [4.69, 9.17) is 5.11 Å². The molecule has 204 valence electrons. The van der Waals surface area contributed by atoms with Gasteiger partial charge in [0.15, 0.2) is 9.84 Å². The predicted octanol–water partition coefficient (Wildman–Crippen LogP) is 3.94. The van der Waals surface area contributed by atoms with Crippen molar-refractivity contribution in [3.8, 4) is 11.8 Å². The minimum atomic E-state index is -4.41. The minimum Gasteiger partial charge on any atom is -0.395 e. The highest BCUT2D eigenvalue weighted by Gasteiger charge is 2.30. The van der Waals surface area contributed by atoms with E-state index in [2.05, 4.69) is 27.4 Å². The average Bonchev–Trinajstić information content (AvgIpc) is 3.20. The third-order valence-electron chi connectivity index (χ3n) is 6.53. The van der Waals surface area contributed by atoms with Crippen molar-refractivity contribution in [2.75, 3.05) is 49.7 Å². The van der Waals surface area contributed by atoms with Crippen molar-refractivity contribution in [1.82, 2.24) is 9.47 Å². The Labute approximate surface area is 220 Å². The molecule has 3 aromatic rings. The molecule has 0 amide bonds. The van der Waals surface area contributed by atoms with E-state index in [-0.39, 0.29) is 29.8 Å². The molecule has 11 heteroatoms. The largest absolute Gasteiger partial charge is 0.406 e. The van der Waals surface area contributed by atoms with Gasteiger partial charge in [-0.2, -0.15) is 13.2 Å². The van der Waals surface area contributed by atoms with Crippen molar-refractivity contribution < 1.29 is 26.7 Å². The SMILES string of the molecule is CS(=O)(=O)c1ccc(NCC#Cc2cc3c(NC4CCN(CCO)CC4)cccc3n2CC(F)(F)F)cc1. The van der Waals surface area contributed by atoms with E-state index in [9.17, 15) is 21.6 Å². The zero-order chi connectivity index (χ0) is 27.3. The van der Waals surface area contributed by atoms with E-state index in [1.165, 1.54) is 16.7 Å². The van der Waals surface area contributed by atoms with Gasteiger partial charge in [-0.25, -0.2) is 8.42 Å². The summed E-state index contributed by atoms with van der Waals surface area (Å²) in [5.41, 5.74) is 2.15. The first kappa shape index (κ1) is 27.8. The summed E-state index contributed by atoms with van der Waals surface area (Å²) in [6.45, 7) is 1.49. The lowest BCUT2D eigenvalue weighted by molar-refractivity contribution is -0.140. The van der Waals surface area contributed by atoms with Gasteiger partial charge in [-0.1, -0.05) is 12.0 Å². The number of hydrogen-bond donors (Lipinski definition) is 3. The van der Waals surface area contributed by atoms with E-state index in [1.807, 2.05) is 6.07 Å². The number of rotatable bonds is 8. The number of likely N-dealkylation sites (tertiary alicyclic amines) is 1. The van der Waals surface area contributed by atoms with Crippen LogP contribution in [0.2, 0.25) is 0 Å². The summed E-state index contributed by atoms with van der Waals surface area (Å²) in [5.74, 6) is 5.76. The second-order valence-corrected chi connectivity index (χ2v) is 11.4. The lowest BCUT2D eigenvalue weighted by Gasteiger charge is -2.32. The van der Waals surface area contributed by atoms with Gasteiger partial charge in [-0.3, -0.25) is 0 Å². The molecule has 4 rings (SSSR count). The molecular formula is C27H31F3N4O3S. The van der Waals surface area contributed by atoms with Gasteiger partial charge in [0.1, 0.15) is 6.54 Å². The number of alkyl halides is 3. The maximum atomic E-state index is 13.5. The van der Waals surface area contributed by atoms with E-state index < -0.39 is 22.6 Å². The van der Waals surface area contributed by atoms with Gasteiger partial charge >= 0.3 is 6.18 Å². The highest BCUT2D eigenvalue weighted by Crippen LogP contribution is 2.31. The van der Waals surface area contributed by atoms with Crippen LogP contribution in [0, 0.1) is 11.8 Å². The van der Waals surface area contributed by atoms with Crippen LogP contribution in [0.1, 0.15) is 18.5 Å². The molecule has 2 heterocycles. The van der Waals surface area contributed by atoms with Crippen molar-refractivity contribution in [3.05, 3.63) is 54.2 Å². The number of aromatic nitrogens is 1. The number of aliphatic hydroxyl groups excluding tert-OH is 1. The van der Waals surface area contributed by atoms with Crippen LogP contribution < -0.4 is 10.6 Å². The quantitative estimate of drug-likeness (QED) is 0.370. The van der Waals surface area contributed by atoms with Gasteiger partial charge in [-0.15, -0.1) is 0 Å². The second kappa shape index (κ2) is 11.7. The number of nitrogens with one attached hydrogen (secondary N) is 2. The Balaban J connectivity index is 1.53. The number of fused-ring (bicyclic) bond motifs is 1. The molecule has 1 saturated heterocycles. The van der Waals surface area contributed by atoms with Gasteiger partial charge in [0.2, 0.25) is 0 Å². The first-order chi connectivity index (χ1) is 18.0. The molecule has 1 aliphatic rings. The standard InChI is InChI=1S/C27H31F3N4O3S/c1-38(36,37)23-9-7-20(8-10-23)31-13-3-4-22-18-24-25(32-21-11-14-33(15-12-21)16-17-35)5-2-6-26(24)34(22)19-27(28,29)30/h2,5-10,18,21,31-32,35H,11-17,19H2,1H3. The Kier molecular flexibility index (Phi) is 8.55. The molecule has 0 bridgehead atoms. The van der Waals surface area contributed by atoms with Crippen LogP contribution in [-0.2, 0) is 16.4 Å². The molecule has 0 aliphatic carbocycles. The number of hydrogen-bond acceptors (Lipinski definition) is 6. The summed E-state index contributed by atoms with van der Waals surface area (Å²) in [6.07, 6.45) is -1.53. The van der Waals surface area contributed by atoms with Gasteiger partial charge in [0.25, 0.3) is 0 Å². The first-order valence-electron chi connectivity index (χ1n) is 12.3. The Hall–Kier alpha value is -3.20. The van der Waals surface area contributed by atoms with Crippen LogP contribution in [-0.4, -0.2) is 74.3 Å². The molecule has 0 radical (unpaired) electrons. The van der Waals surface area contributed by atoms with Crippen molar-refractivity contribution in [2.45, 2.75) is 36.5 Å². The van der Waals surface area contributed by atoms with Crippen LogP contribution in [0.4, 0.5) is 24.5 Å². The van der Waals surface area contributed by atoms with Crippen molar-refractivity contribution >= 4 is 32.1 Å². The van der Waals surface area contributed by atoms with Gasteiger partial charge < -0.3 is 25.2 Å². The minimum absolute atomic E-state index is 0.124. The zero-order valence-electron chi connectivity index (χ0n) is 21.1. The molecule has 3 N–H and O–H groups in total. The Bertz CT molecular complexity index is 1420. The number of sulfone groups is 1. The van der Waals surface area contributed by atoms with Crippen LogP contribution in [0.25, 0.3) is 10.9 Å². The number of halogens is 3. The molecular weight excluding hydrogens is 517 g/mol. The second-order valence-electron chi connectivity index (χ2n) is 9.41. The van der Waals surface area contributed by atoms with E-state index >= 15 is 0 Å². The summed E-state index contributed by atoms with van der Waals surface area (Å²) >= 11 is 0. The first-order valence-corrected chi connectivity index (χ1v) is 14.2. The Morgan fingerprint density at radius 2 is 1.82 bits per heavy atom.